The van der Waals surface area contributed by atoms with Crippen molar-refractivity contribution < 1.29 is 4.79 Å². The molecule has 4 rings (SSSR count). The van der Waals surface area contributed by atoms with Crippen molar-refractivity contribution in [1.82, 2.24) is 24.8 Å². The van der Waals surface area contributed by atoms with Crippen LogP contribution in [0.1, 0.15) is 29.4 Å². The summed E-state index contributed by atoms with van der Waals surface area (Å²) in [6.07, 6.45) is 6.50. The molecule has 0 spiro atoms. The van der Waals surface area contributed by atoms with Crippen molar-refractivity contribution in [3.63, 3.8) is 0 Å². The summed E-state index contributed by atoms with van der Waals surface area (Å²) >= 11 is 0. The Balaban J connectivity index is 1.50. The molecular weight excluding hydrogens is 340 g/mol. The summed E-state index contributed by atoms with van der Waals surface area (Å²) in [5, 5.41) is 1.04. The molecular formula is C20H22N6O. The van der Waals surface area contributed by atoms with Crippen LogP contribution in [0.3, 0.4) is 0 Å². The minimum Gasteiger partial charge on any atom is -0.352 e. The molecule has 7 nitrogen and oxygen atoms in total. The molecule has 1 aliphatic rings. The average Bonchev–Trinajstić information content (AvgIpc) is 2.74. The zero-order valence-corrected chi connectivity index (χ0v) is 15.4. The first-order valence-corrected chi connectivity index (χ1v) is 9.30. The van der Waals surface area contributed by atoms with Gasteiger partial charge >= 0.3 is 0 Å². The predicted molar refractivity (Wildman–Crippen MR) is 104 cm³/mol. The van der Waals surface area contributed by atoms with E-state index in [1.165, 1.54) is 6.33 Å². The number of carbonyl (C=O) groups excluding carboxylic acids is 1. The molecule has 0 N–H and O–H groups in total. The lowest BCUT2D eigenvalue weighted by Gasteiger charge is -2.36. The number of carbonyl (C=O) groups is 1. The minimum absolute atomic E-state index is 0.0197. The van der Waals surface area contributed by atoms with E-state index in [-0.39, 0.29) is 5.91 Å². The van der Waals surface area contributed by atoms with Crippen LogP contribution in [0.15, 0.2) is 43.1 Å². The van der Waals surface area contributed by atoms with Gasteiger partial charge in [0, 0.05) is 37.8 Å². The van der Waals surface area contributed by atoms with Gasteiger partial charge in [0.05, 0.1) is 16.8 Å². The van der Waals surface area contributed by atoms with Gasteiger partial charge in [0.25, 0.3) is 5.91 Å². The first kappa shape index (κ1) is 17.3. The first-order chi connectivity index (χ1) is 13.3. The summed E-state index contributed by atoms with van der Waals surface area (Å²) in [6, 6.07) is 8.01. The molecule has 1 saturated heterocycles. The largest absolute Gasteiger partial charge is 0.352 e. The molecule has 1 aromatic carbocycles. The van der Waals surface area contributed by atoms with Crippen molar-refractivity contribution in [3.8, 4) is 0 Å². The topological polar surface area (TPSA) is 75.1 Å². The van der Waals surface area contributed by atoms with E-state index in [4.69, 9.17) is 0 Å². The molecule has 1 amide bonds. The average molecular weight is 362 g/mol. The van der Waals surface area contributed by atoms with E-state index in [0.29, 0.717) is 18.7 Å². The number of aryl methyl sites for hydroxylation is 1. The Labute approximate surface area is 158 Å². The fraction of sp³-hybridized carbons (Fsp3) is 0.350. The smallest absolute Gasteiger partial charge is 0.257 e. The lowest BCUT2D eigenvalue weighted by atomic mass is 10.1. The van der Waals surface area contributed by atoms with E-state index in [2.05, 4.69) is 31.8 Å². The predicted octanol–water partition coefficient (Wildman–Crippen LogP) is 2.33. The van der Waals surface area contributed by atoms with E-state index in [1.54, 1.807) is 12.5 Å². The lowest BCUT2D eigenvalue weighted by molar-refractivity contribution is 0.0744. The summed E-state index contributed by atoms with van der Waals surface area (Å²) in [5.74, 6) is 0.952. The maximum atomic E-state index is 13.0. The van der Waals surface area contributed by atoms with Crippen LogP contribution in [0, 0.1) is 0 Å². The minimum atomic E-state index is 0.0197. The van der Waals surface area contributed by atoms with Gasteiger partial charge in [0.2, 0.25) is 0 Å². The molecule has 0 unspecified atom stereocenters. The van der Waals surface area contributed by atoms with Crippen molar-refractivity contribution in [3.05, 3.63) is 54.4 Å². The van der Waals surface area contributed by atoms with E-state index < -0.39 is 0 Å². The lowest BCUT2D eigenvalue weighted by Crippen LogP contribution is -2.49. The second-order valence-corrected chi connectivity index (χ2v) is 6.63. The molecule has 0 bridgehead atoms. The second kappa shape index (κ2) is 7.65. The molecule has 27 heavy (non-hydrogen) atoms. The Kier molecular flexibility index (Phi) is 4.91. The third-order valence-corrected chi connectivity index (χ3v) is 4.90. The molecule has 1 aliphatic heterocycles. The van der Waals surface area contributed by atoms with Crippen molar-refractivity contribution in [1.29, 1.82) is 0 Å². The van der Waals surface area contributed by atoms with E-state index >= 15 is 0 Å². The van der Waals surface area contributed by atoms with Crippen molar-refractivity contribution in [2.24, 2.45) is 0 Å². The normalized spacial score (nSPS) is 14.6. The van der Waals surface area contributed by atoms with Gasteiger partial charge in [-0.25, -0.2) is 19.9 Å². The van der Waals surface area contributed by atoms with Gasteiger partial charge in [-0.15, -0.1) is 0 Å². The van der Waals surface area contributed by atoms with Crippen molar-refractivity contribution in [2.45, 2.75) is 19.8 Å². The van der Waals surface area contributed by atoms with Crippen LogP contribution in [-0.4, -0.2) is 56.9 Å². The fourth-order valence-corrected chi connectivity index (χ4v) is 3.50. The first-order valence-electron chi connectivity index (χ1n) is 9.30. The number of piperazine rings is 1. The highest BCUT2D eigenvalue weighted by atomic mass is 16.2. The van der Waals surface area contributed by atoms with Crippen LogP contribution in [0.5, 0.6) is 0 Å². The van der Waals surface area contributed by atoms with Crippen molar-refractivity contribution in [2.75, 3.05) is 31.1 Å². The number of hydrogen-bond acceptors (Lipinski definition) is 6. The molecule has 0 atom stereocenters. The zero-order valence-electron chi connectivity index (χ0n) is 15.4. The Hall–Kier alpha value is -3.09. The number of anilines is 1. The Bertz CT molecular complexity index is 947. The molecule has 1 fully saturated rings. The second-order valence-electron chi connectivity index (χ2n) is 6.63. The maximum absolute atomic E-state index is 13.0. The van der Waals surface area contributed by atoms with Gasteiger partial charge < -0.3 is 9.80 Å². The summed E-state index contributed by atoms with van der Waals surface area (Å²) in [6.45, 7) is 4.86. The molecule has 138 valence electrons. The van der Waals surface area contributed by atoms with Crippen LogP contribution in [0.2, 0.25) is 0 Å². The fourth-order valence-electron chi connectivity index (χ4n) is 3.50. The number of amides is 1. The van der Waals surface area contributed by atoms with Gasteiger partial charge in [-0.05, 0) is 18.6 Å². The number of aromatic nitrogens is 4. The molecule has 7 heteroatoms. The number of nitrogens with zero attached hydrogens (tertiary/aromatic N) is 6. The molecule has 2 aromatic heterocycles. The van der Waals surface area contributed by atoms with Gasteiger partial charge in [0.15, 0.2) is 0 Å². The van der Waals surface area contributed by atoms with Gasteiger partial charge in [0.1, 0.15) is 18.5 Å². The summed E-state index contributed by atoms with van der Waals surface area (Å²) in [7, 11) is 0. The highest BCUT2D eigenvalue weighted by Crippen LogP contribution is 2.24. The van der Waals surface area contributed by atoms with Gasteiger partial charge in [-0.3, -0.25) is 4.79 Å². The number of para-hydroxylation sites is 1. The Morgan fingerprint density at radius 2 is 1.85 bits per heavy atom. The SMILES string of the molecule is CCCc1ncncc1C(=O)N1CCN(c2ncnc3ccccc23)CC1. The molecule has 0 saturated carbocycles. The standard InChI is InChI=1S/C20H22N6O/c1-2-5-17-16(12-21-13-22-17)20(27)26-10-8-25(9-11-26)19-15-6-3-4-7-18(15)23-14-24-19/h3-4,6-7,12-14H,2,5,8-11H2,1H3. The number of fused-ring (bicyclic) bond motifs is 1. The molecule has 3 aromatic rings. The van der Waals surface area contributed by atoms with E-state index in [1.807, 2.05) is 29.2 Å². The quantitative estimate of drug-likeness (QED) is 0.709. The van der Waals surface area contributed by atoms with Crippen LogP contribution in [0.4, 0.5) is 5.82 Å². The summed E-state index contributed by atoms with van der Waals surface area (Å²) in [4.78, 5) is 34.2. The van der Waals surface area contributed by atoms with Crippen LogP contribution in [0.25, 0.3) is 10.9 Å². The highest BCUT2D eigenvalue weighted by Gasteiger charge is 2.25. The van der Waals surface area contributed by atoms with E-state index in [9.17, 15) is 4.79 Å². The highest BCUT2D eigenvalue weighted by molar-refractivity contribution is 5.95. The molecule has 0 radical (unpaired) electrons. The summed E-state index contributed by atoms with van der Waals surface area (Å²) in [5.41, 5.74) is 2.40. The van der Waals surface area contributed by atoms with E-state index in [0.717, 1.165) is 48.3 Å². The van der Waals surface area contributed by atoms with Gasteiger partial charge in [-0.2, -0.15) is 0 Å². The van der Waals surface area contributed by atoms with Crippen LogP contribution < -0.4 is 4.90 Å². The zero-order chi connectivity index (χ0) is 18.6. The number of rotatable bonds is 4. The van der Waals surface area contributed by atoms with Crippen molar-refractivity contribution >= 4 is 22.6 Å². The van der Waals surface area contributed by atoms with Crippen LogP contribution >= 0.6 is 0 Å². The monoisotopic (exact) mass is 362 g/mol. The van der Waals surface area contributed by atoms with Gasteiger partial charge in [-0.1, -0.05) is 25.5 Å². The molecule has 3 heterocycles. The third-order valence-electron chi connectivity index (χ3n) is 4.90. The third kappa shape index (κ3) is 3.45. The van der Waals surface area contributed by atoms with Crippen LogP contribution in [-0.2, 0) is 6.42 Å². The Morgan fingerprint density at radius 1 is 1.04 bits per heavy atom. The Morgan fingerprint density at radius 3 is 2.67 bits per heavy atom. The molecule has 0 aliphatic carbocycles. The number of benzene rings is 1. The summed E-state index contributed by atoms with van der Waals surface area (Å²) < 4.78 is 0. The maximum Gasteiger partial charge on any atom is 0.257 e. The number of hydrogen-bond donors (Lipinski definition) is 0.